The molecule has 24 heavy (non-hydrogen) atoms. The number of hydrogen-bond donors (Lipinski definition) is 0. The zero-order valence-electron chi connectivity index (χ0n) is 14.6. The van der Waals surface area contributed by atoms with E-state index >= 15 is 0 Å². The van der Waals surface area contributed by atoms with Crippen molar-refractivity contribution in [2.24, 2.45) is 4.99 Å². The van der Waals surface area contributed by atoms with Crippen molar-refractivity contribution < 1.29 is 14.2 Å². The van der Waals surface area contributed by atoms with Gasteiger partial charge in [-0.1, -0.05) is 42.5 Å². The van der Waals surface area contributed by atoms with E-state index in [-0.39, 0.29) is 11.8 Å². The Balaban J connectivity index is 1.96. The minimum absolute atomic E-state index is 0.170. The Morgan fingerprint density at radius 3 is 2.12 bits per heavy atom. The monoisotopic (exact) mass is 325 g/mol. The molecule has 126 valence electrons. The normalized spacial score (nSPS) is 16.1. The Hall–Kier alpha value is -2.17. The standard InChI is InChI=1S/C20H23NO3/c1-20(2)13-24-18(21-20)17-8-6-5-7-16(17)14-9-11-15(12-10-14)19(22-3)23-4/h5-12,19H,13H2,1-4H3. The molecule has 0 unspecified atom stereocenters. The fourth-order valence-electron chi connectivity index (χ4n) is 2.83. The summed E-state index contributed by atoms with van der Waals surface area (Å²) in [6.45, 7) is 4.76. The number of nitrogens with zero attached hydrogens (tertiary/aromatic N) is 1. The highest BCUT2D eigenvalue weighted by molar-refractivity contribution is 6.01. The number of benzene rings is 2. The number of aliphatic imine (C=N–C) groups is 1. The Kier molecular flexibility index (Phi) is 4.69. The first-order valence-electron chi connectivity index (χ1n) is 8.02. The summed E-state index contributed by atoms with van der Waals surface area (Å²) >= 11 is 0. The maximum Gasteiger partial charge on any atom is 0.217 e. The smallest absolute Gasteiger partial charge is 0.217 e. The van der Waals surface area contributed by atoms with E-state index in [2.05, 4.69) is 38.1 Å². The molecule has 1 heterocycles. The van der Waals surface area contributed by atoms with Crippen molar-refractivity contribution >= 4 is 5.90 Å². The van der Waals surface area contributed by atoms with Crippen molar-refractivity contribution in [2.75, 3.05) is 20.8 Å². The molecule has 3 rings (SSSR count). The molecule has 0 bridgehead atoms. The van der Waals surface area contributed by atoms with E-state index in [1.807, 2.05) is 24.3 Å². The number of ether oxygens (including phenoxy) is 3. The molecular weight excluding hydrogens is 302 g/mol. The third-order valence-electron chi connectivity index (χ3n) is 4.05. The number of methoxy groups -OCH3 is 2. The average molecular weight is 325 g/mol. The van der Waals surface area contributed by atoms with Gasteiger partial charge in [0.1, 0.15) is 6.61 Å². The highest BCUT2D eigenvalue weighted by Crippen LogP contribution is 2.29. The number of hydrogen-bond acceptors (Lipinski definition) is 4. The van der Waals surface area contributed by atoms with Crippen molar-refractivity contribution in [1.29, 1.82) is 0 Å². The number of rotatable bonds is 5. The summed E-state index contributed by atoms with van der Waals surface area (Å²) in [5.41, 5.74) is 4.04. The second-order valence-corrected chi connectivity index (χ2v) is 6.49. The largest absolute Gasteiger partial charge is 0.475 e. The van der Waals surface area contributed by atoms with E-state index in [0.717, 1.165) is 22.3 Å². The van der Waals surface area contributed by atoms with E-state index in [1.54, 1.807) is 14.2 Å². The van der Waals surface area contributed by atoms with Crippen LogP contribution in [-0.4, -0.2) is 32.3 Å². The molecule has 0 saturated heterocycles. The molecule has 0 radical (unpaired) electrons. The summed E-state index contributed by atoms with van der Waals surface area (Å²) in [4.78, 5) is 4.70. The molecule has 0 spiro atoms. The van der Waals surface area contributed by atoms with Crippen LogP contribution in [0.3, 0.4) is 0 Å². The van der Waals surface area contributed by atoms with Crippen LogP contribution < -0.4 is 0 Å². The predicted octanol–water partition coefficient (Wildman–Crippen LogP) is 4.20. The van der Waals surface area contributed by atoms with Crippen LogP contribution in [0.5, 0.6) is 0 Å². The van der Waals surface area contributed by atoms with Crippen molar-refractivity contribution in [3.8, 4) is 11.1 Å². The Labute approximate surface area is 143 Å². The van der Waals surface area contributed by atoms with Crippen molar-refractivity contribution in [3.05, 3.63) is 59.7 Å². The van der Waals surface area contributed by atoms with Gasteiger partial charge in [0.25, 0.3) is 0 Å². The van der Waals surface area contributed by atoms with Crippen molar-refractivity contribution in [2.45, 2.75) is 25.7 Å². The molecule has 0 aliphatic carbocycles. The van der Waals surface area contributed by atoms with Gasteiger partial charge >= 0.3 is 0 Å². The molecule has 0 saturated carbocycles. The molecule has 0 amide bonds. The maximum absolute atomic E-state index is 5.82. The summed E-state index contributed by atoms with van der Waals surface area (Å²) in [6, 6.07) is 16.4. The fraction of sp³-hybridized carbons (Fsp3) is 0.350. The summed E-state index contributed by atoms with van der Waals surface area (Å²) < 4.78 is 16.4. The molecule has 1 aliphatic rings. The first-order chi connectivity index (χ1) is 11.5. The van der Waals surface area contributed by atoms with Gasteiger partial charge in [-0.25, -0.2) is 4.99 Å². The third kappa shape index (κ3) is 3.35. The quantitative estimate of drug-likeness (QED) is 0.774. The average Bonchev–Trinajstić information content (AvgIpc) is 2.96. The van der Waals surface area contributed by atoms with Gasteiger partial charge in [-0.2, -0.15) is 0 Å². The minimum Gasteiger partial charge on any atom is -0.475 e. The van der Waals surface area contributed by atoms with Crippen molar-refractivity contribution in [1.82, 2.24) is 0 Å². The van der Waals surface area contributed by atoms with E-state index < -0.39 is 0 Å². The molecule has 4 heteroatoms. The van der Waals surface area contributed by atoms with Crippen LogP contribution in [0.4, 0.5) is 0 Å². The van der Waals surface area contributed by atoms with Crippen LogP contribution in [0.25, 0.3) is 11.1 Å². The van der Waals surface area contributed by atoms with Crippen LogP contribution in [0.1, 0.15) is 31.3 Å². The highest BCUT2D eigenvalue weighted by Gasteiger charge is 2.28. The van der Waals surface area contributed by atoms with Gasteiger partial charge in [-0.05, 0) is 31.0 Å². The van der Waals surface area contributed by atoms with Crippen LogP contribution >= 0.6 is 0 Å². The molecule has 0 fully saturated rings. The first-order valence-corrected chi connectivity index (χ1v) is 8.02. The first kappa shape index (κ1) is 16.7. The second kappa shape index (κ2) is 6.75. The molecule has 4 nitrogen and oxygen atoms in total. The summed E-state index contributed by atoms with van der Waals surface area (Å²) in [7, 11) is 3.27. The highest BCUT2D eigenvalue weighted by atomic mass is 16.7. The molecule has 0 N–H and O–H groups in total. The van der Waals surface area contributed by atoms with E-state index in [4.69, 9.17) is 19.2 Å². The molecule has 0 aromatic heterocycles. The lowest BCUT2D eigenvalue weighted by Crippen LogP contribution is -2.17. The molecular formula is C20H23NO3. The maximum atomic E-state index is 5.82. The Bertz CT molecular complexity index is 731. The lowest BCUT2D eigenvalue weighted by molar-refractivity contribution is -0.106. The van der Waals surface area contributed by atoms with E-state index in [9.17, 15) is 0 Å². The van der Waals surface area contributed by atoms with Gasteiger partial charge in [0.2, 0.25) is 5.90 Å². The van der Waals surface area contributed by atoms with Crippen LogP contribution in [-0.2, 0) is 14.2 Å². The van der Waals surface area contributed by atoms with Gasteiger partial charge in [0.15, 0.2) is 6.29 Å². The topological polar surface area (TPSA) is 40.0 Å². The lowest BCUT2D eigenvalue weighted by Gasteiger charge is -2.15. The van der Waals surface area contributed by atoms with E-state index in [1.165, 1.54) is 0 Å². The van der Waals surface area contributed by atoms with Crippen LogP contribution in [0.15, 0.2) is 53.5 Å². The van der Waals surface area contributed by atoms with Gasteiger partial charge in [-0.3, -0.25) is 0 Å². The fourth-order valence-corrected chi connectivity index (χ4v) is 2.83. The van der Waals surface area contributed by atoms with Gasteiger partial charge in [0, 0.05) is 25.3 Å². The SMILES string of the molecule is COC(OC)c1ccc(-c2ccccc2C2=NC(C)(C)CO2)cc1. The lowest BCUT2D eigenvalue weighted by atomic mass is 9.98. The molecule has 0 atom stereocenters. The third-order valence-corrected chi connectivity index (χ3v) is 4.05. The van der Waals surface area contributed by atoms with Gasteiger partial charge in [-0.15, -0.1) is 0 Å². The predicted molar refractivity (Wildman–Crippen MR) is 95.2 cm³/mol. The zero-order valence-corrected chi connectivity index (χ0v) is 14.6. The summed E-state index contributed by atoms with van der Waals surface area (Å²) in [6.07, 6.45) is -0.349. The molecule has 1 aliphatic heterocycles. The Morgan fingerprint density at radius 1 is 0.958 bits per heavy atom. The minimum atomic E-state index is -0.349. The molecule has 2 aromatic carbocycles. The summed E-state index contributed by atoms with van der Waals surface area (Å²) in [5.74, 6) is 0.714. The van der Waals surface area contributed by atoms with Crippen molar-refractivity contribution in [3.63, 3.8) is 0 Å². The second-order valence-electron chi connectivity index (χ2n) is 6.49. The summed E-state index contributed by atoms with van der Waals surface area (Å²) in [5, 5.41) is 0. The molecule has 2 aromatic rings. The zero-order chi connectivity index (χ0) is 17.2. The van der Waals surface area contributed by atoms with Gasteiger partial charge in [0.05, 0.1) is 5.54 Å². The Morgan fingerprint density at radius 2 is 1.58 bits per heavy atom. The van der Waals surface area contributed by atoms with Crippen LogP contribution in [0, 0.1) is 0 Å². The van der Waals surface area contributed by atoms with Gasteiger partial charge < -0.3 is 14.2 Å². The van der Waals surface area contributed by atoms with E-state index in [0.29, 0.717) is 12.5 Å². The van der Waals surface area contributed by atoms with Crippen LogP contribution in [0.2, 0.25) is 0 Å².